The van der Waals surface area contributed by atoms with Gasteiger partial charge in [-0.3, -0.25) is 4.79 Å². The Morgan fingerprint density at radius 1 is 1.14 bits per heavy atom. The summed E-state index contributed by atoms with van der Waals surface area (Å²) in [5.41, 5.74) is 0.538. The summed E-state index contributed by atoms with van der Waals surface area (Å²) in [6.07, 6.45) is 1.53. The SMILES string of the molecule is Cc1cc(CCc2ccccc2)oc(=O)c1C(=O)N1CCC2(CN(C)C(=O)O2)C1. The Morgan fingerprint density at radius 2 is 1.90 bits per heavy atom. The molecule has 2 saturated heterocycles. The smallest absolute Gasteiger partial charge is 0.410 e. The molecule has 0 radical (unpaired) electrons. The number of benzene rings is 1. The molecule has 2 fully saturated rings. The van der Waals surface area contributed by atoms with E-state index in [0.29, 0.717) is 37.3 Å². The van der Waals surface area contributed by atoms with Crippen molar-refractivity contribution in [2.24, 2.45) is 0 Å². The Hall–Kier alpha value is -3.09. The lowest BCUT2D eigenvalue weighted by molar-refractivity contribution is 0.0550. The van der Waals surface area contributed by atoms with Gasteiger partial charge in [0.25, 0.3) is 5.91 Å². The third kappa shape index (κ3) is 3.77. The molecule has 29 heavy (non-hydrogen) atoms. The summed E-state index contributed by atoms with van der Waals surface area (Å²) in [6, 6.07) is 11.7. The van der Waals surface area contributed by atoms with Crippen LogP contribution in [0.15, 0.2) is 45.6 Å². The number of likely N-dealkylation sites (N-methyl/N-ethyl adjacent to an activating group) is 1. The van der Waals surface area contributed by atoms with Gasteiger partial charge >= 0.3 is 11.7 Å². The molecular weight excluding hydrogens is 372 g/mol. The number of hydrogen-bond acceptors (Lipinski definition) is 5. The number of aryl methyl sites for hydroxylation is 3. The fourth-order valence-corrected chi connectivity index (χ4v) is 4.15. The molecule has 0 bridgehead atoms. The van der Waals surface area contributed by atoms with Crippen LogP contribution in [0.1, 0.15) is 33.7 Å². The van der Waals surface area contributed by atoms with Crippen LogP contribution >= 0.6 is 0 Å². The molecule has 4 rings (SSSR count). The van der Waals surface area contributed by atoms with Gasteiger partial charge in [0.15, 0.2) is 5.60 Å². The van der Waals surface area contributed by atoms with E-state index in [-0.39, 0.29) is 24.1 Å². The van der Waals surface area contributed by atoms with Gasteiger partial charge in [0.05, 0.1) is 13.1 Å². The summed E-state index contributed by atoms with van der Waals surface area (Å²) in [6.45, 7) is 2.93. The Labute approximate surface area is 168 Å². The number of hydrogen-bond donors (Lipinski definition) is 0. The predicted octanol–water partition coefficient (Wildman–Crippen LogP) is 2.40. The molecule has 1 spiro atoms. The van der Waals surface area contributed by atoms with Gasteiger partial charge in [-0.25, -0.2) is 9.59 Å². The zero-order valence-electron chi connectivity index (χ0n) is 16.6. The minimum Gasteiger partial charge on any atom is -0.439 e. The van der Waals surface area contributed by atoms with E-state index in [2.05, 4.69) is 0 Å². The second kappa shape index (κ2) is 7.39. The standard InChI is InChI=1S/C22H24N2O5/c1-15-12-17(9-8-16-6-4-3-5-7-16)28-20(26)18(15)19(25)24-11-10-22(14-24)13-23(2)21(27)29-22/h3-7,12H,8-11,13-14H2,1-2H3. The van der Waals surface area contributed by atoms with E-state index in [1.165, 1.54) is 4.90 Å². The summed E-state index contributed by atoms with van der Waals surface area (Å²) < 4.78 is 10.9. The van der Waals surface area contributed by atoms with Crippen LogP contribution in [0, 0.1) is 6.92 Å². The van der Waals surface area contributed by atoms with Crippen LogP contribution in [0.5, 0.6) is 0 Å². The predicted molar refractivity (Wildman–Crippen MR) is 106 cm³/mol. The van der Waals surface area contributed by atoms with Gasteiger partial charge in [-0.15, -0.1) is 0 Å². The van der Waals surface area contributed by atoms with Gasteiger partial charge in [-0.05, 0) is 30.5 Å². The summed E-state index contributed by atoms with van der Waals surface area (Å²) in [7, 11) is 1.68. The minimum atomic E-state index is -0.675. The van der Waals surface area contributed by atoms with E-state index in [9.17, 15) is 14.4 Å². The van der Waals surface area contributed by atoms with Crippen molar-refractivity contribution in [2.45, 2.75) is 31.8 Å². The van der Waals surface area contributed by atoms with Gasteiger partial charge < -0.3 is 19.0 Å². The molecule has 152 valence electrons. The monoisotopic (exact) mass is 396 g/mol. The molecular formula is C22H24N2O5. The maximum absolute atomic E-state index is 13.0. The Balaban J connectivity index is 1.48. The minimum absolute atomic E-state index is 0.0585. The average molecular weight is 396 g/mol. The molecule has 1 atom stereocenters. The summed E-state index contributed by atoms with van der Waals surface area (Å²) in [4.78, 5) is 40.4. The number of rotatable bonds is 4. The van der Waals surface area contributed by atoms with Crippen molar-refractivity contribution in [1.29, 1.82) is 0 Å². The fourth-order valence-electron chi connectivity index (χ4n) is 4.15. The van der Waals surface area contributed by atoms with Crippen LogP contribution in [-0.2, 0) is 17.6 Å². The van der Waals surface area contributed by atoms with Crippen molar-refractivity contribution < 1.29 is 18.7 Å². The molecule has 0 N–H and O–H groups in total. The highest BCUT2D eigenvalue weighted by Gasteiger charge is 2.50. The van der Waals surface area contributed by atoms with E-state index in [4.69, 9.17) is 9.15 Å². The van der Waals surface area contributed by atoms with Crippen LogP contribution < -0.4 is 5.63 Å². The van der Waals surface area contributed by atoms with Crippen molar-refractivity contribution in [3.8, 4) is 0 Å². The van der Waals surface area contributed by atoms with Gasteiger partial charge in [0, 0.05) is 26.4 Å². The van der Waals surface area contributed by atoms with Crippen molar-refractivity contribution in [3.05, 3.63) is 69.3 Å². The van der Waals surface area contributed by atoms with E-state index in [0.717, 1.165) is 12.0 Å². The molecule has 1 aromatic carbocycles. The Morgan fingerprint density at radius 3 is 2.55 bits per heavy atom. The Kier molecular flexibility index (Phi) is 4.90. The molecule has 0 aliphatic carbocycles. The third-order valence-electron chi connectivity index (χ3n) is 5.66. The molecule has 7 heteroatoms. The lowest BCUT2D eigenvalue weighted by Crippen LogP contribution is -2.40. The highest BCUT2D eigenvalue weighted by molar-refractivity contribution is 5.95. The van der Waals surface area contributed by atoms with Gasteiger partial charge in [0.1, 0.15) is 11.3 Å². The van der Waals surface area contributed by atoms with Crippen LogP contribution in [0.3, 0.4) is 0 Å². The Bertz CT molecular complexity index is 1000. The second-order valence-electron chi connectivity index (χ2n) is 7.93. The summed E-state index contributed by atoms with van der Waals surface area (Å²) in [5.74, 6) is 0.200. The number of carbonyl (C=O) groups excluding carboxylic acids is 2. The summed E-state index contributed by atoms with van der Waals surface area (Å²) in [5, 5.41) is 0. The fraction of sp³-hybridized carbons (Fsp3) is 0.409. The van der Waals surface area contributed by atoms with Gasteiger partial charge in [-0.1, -0.05) is 30.3 Å². The maximum atomic E-state index is 13.0. The molecule has 3 heterocycles. The first-order valence-electron chi connectivity index (χ1n) is 9.78. The van der Waals surface area contributed by atoms with Gasteiger partial charge in [-0.2, -0.15) is 0 Å². The van der Waals surface area contributed by atoms with Gasteiger partial charge in [0.2, 0.25) is 0 Å². The van der Waals surface area contributed by atoms with Crippen LogP contribution in [0.4, 0.5) is 4.79 Å². The molecule has 2 amide bonds. The zero-order chi connectivity index (χ0) is 20.6. The number of carbonyl (C=O) groups is 2. The lowest BCUT2D eigenvalue weighted by atomic mass is 10.0. The molecule has 7 nitrogen and oxygen atoms in total. The molecule has 2 aliphatic rings. The second-order valence-corrected chi connectivity index (χ2v) is 7.93. The first-order chi connectivity index (χ1) is 13.9. The highest BCUT2D eigenvalue weighted by Crippen LogP contribution is 2.32. The van der Waals surface area contributed by atoms with E-state index >= 15 is 0 Å². The van der Waals surface area contributed by atoms with Crippen molar-refractivity contribution in [2.75, 3.05) is 26.7 Å². The maximum Gasteiger partial charge on any atom is 0.410 e. The molecule has 2 aliphatic heterocycles. The number of ether oxygens (including phenoxy) is 1. The first kappa shape index (κ1) is 19.2. The molecule has 2 aromatic rings. The van der Waals surface area contributed by atoms with Crippen molar-refractivity contribution in [1.82, 2.24) is 9.80 Å². The summed E-state index contributed by atoms with van der Waals surface area (Å²) >= 11 is 0. The van der Waals surface area contributed by atoms with Crippen molar-refractivity contribution >= 4 is 12.0 Å². The van der Waals surface area contributed by atoms with Crippen LogP contribution in [-0.4, -0.2) is 54.1 Å². The van der Waals surface area contributed by atoms with E-state index in [1.54, 1.807) is 24.9 Å². The largest absolute Gasteiger partial charge is 0.439 e. The number of nitrogens with zero attached hydrogens (tertiary/aromatic N) is 2. The van der Waals surface area contributed by atoms with E-state index < -0.39 is 11.2 Å². The molecule has 1 unspecified atom stereocenters. The van der Waals surface area contributed by atoms with E-state index in [1.807, 2.05) is 30.3 Å². The number of likely N-dealkylation sites (tertiary alicyclic amines) is 1. The third-order valence-corrected chi connectivity index (χ3v) is 5.66. The zero-order valence-corrected chi connectivity index (χ0v) is 16.6. The highest BCUT2D eigenvalue weighted by atomic mass is 16.6. The molecule has 1 aromatic heterocycles. The molecule has 0 saturated carbocycles. The quantitative estimate of drug-likeness (QED) is 0.793. The topological polar surface area (TPSA) is 80.1 Å². The van der Waals surface area contributed by atoms with Crippen molar-refractivity contribution in [3.63, 3.8) is 0 Å². The van der Waals surface area contributed by atoms with Crippen LogP contribution in [0.25, 0.3) is 0 Å². The van der Waals surface area contributed by atoms with Crippen LogP contribution in [0.2, 0.25) is 0 Å². The average Bonchev–Trinajstić information content (AvgIpc) is 3.22. The lowest BCUT2D eigenvalue weighted by Gasteiger charge is -2.22. The normalized spacial score (nSPS) is 21.1. The number of amides is 2. The first-order valence-corrected chi connectivity index (χ1v) is 9.78.